The quantitative estimate of drug-likeness (QED) is 0.289. The number of rotatable bonds is 6. The average molecular weight is 550 g/mol. The van der Waals surface area contributed by atoms with E-state index in [-0.39, 0.29) is 24.8 Å². The summed E-state index contributed by atoms with van der Waals surface area (Å²) in [7, 11) is 0.872. The van der Waals surface area contributed by atoms with Gasteiger partial charge in [-0.05, 0) is 111 Å². The fourth-order valence-corrected chi connectivity index (χ4v) is 18.3. The Morgan fingerprint density at radius 1 is 0.235 bits per heavy atom. The van der Waals surface area contributed by atoms with Crippen molar-refractivity contribution in [3.05, 3.63) is 0 Å². The molecule has 0 nitrogen and oxygen atoms in total. The van der Waals surface area contributed by atoms with E-state index in [9.17, 15) is 0 Å². The van der Waals surface area contributed by atoms with Crippen molar-refractivity contribution < 1.29 is 0 Å². The van der Waals surface area contributed by atoms with Crippen molar-refractivity contribution in [2.24, 2.45) is 0 Å². The van der Waals surface area contributed by atoms with E-state index in [1.54, 1.807) is 154 Å². The molecule has 4 heteroatoms. The van der Waals surface area contributed by atoms with Crippen LogP contribution in [0, 0.1) is 0 Å². The fourth-order valence-electron chi connectivity index (χ4n) is 9.00. The molecule has 6 fully saturated rings. The summed E-state index contributed by atoms with van der Waals surface area (Å²) in [5, 5.41) is 0. The van der Waals surface area contributed by atoms with Crippen LogP contribution in [0.15, 0.2) is 0 Å². The second kappa shape index (κ2) is 15.8. The van der Waals surface area contributed by atoms with E-state index in [1.165, 1.54) is 34.0 Å². The summed E-state index contributed by atoms with van der Waals surface area (Å²) in [6, 6.07) is 0. The van der Waals surface area contributed by atoms with Crippen molar-refractivity contribution in [3.8, 4) is 0 Å². The molecule has 0 spiro atoms. The highest BCUT2D eigenvalue weighted by Gasteiger charge is 2.39. The lowest BCUT2D eigenvalue weighted by Crippen LogP contribution is -2.18. The van der Waals surface area contributed by atoms with Gasteiger partial charge in [0.05, 0.1) is 0 Å². The minimum atomic E-state index is 0. The van der Waals surface area contributed by atoms with Crippen LogP contribution < -0.4 is 0 Å². The molecule has 0 bridgehead atoms. The molecule has 0 radical (unpaired) electrons. The Hall–Kier alpha value is 1.44. The zero-order chi connectivity index (χ0) is 21.6. The van der Waals surface area contributed by atoms with Crippen LogP contribution in [-0.2, 0) is 0 Å². The van der Waals surface area contributed by atoms with Gasteiger partial charge in [-0.15, -0.1) is 24.8 Å². The smallest absolute Gasteiger partial charge is 0.0204 e. The van der Waals surface area contributed by atoms with Gasteiger partial charge in [-0.1, -0.05) is 92.9 Å². The summed E-state index contributed by atoms with van der Waals surface area (Å²) in [5.41, 5.74) is 7.26. The minimum Gasteiger partial charge on any atom is -0.147 e. The van der Waals surface area contributed by atoms with E-state index >= 15 is 0 Å². The number of hydrogen-bond acceptors (Lipinski definition) is 0. The van der Waals surface area contributed by atoms with Gasteiger partial charge in [-0.3, -0.25) is 0 Å². The van der Waals surface area contributed by atoms with E-state index in [4.69, 9.17) is 0 Å². The van der Waals surface area contributed by atoms with Gasteiger partial charge in [0.1, 0.15) is 0 Å². The SMILES string of the molecule is C1CCC(P(C2CCCC2)C2CCCC2)C1.C1CCC(P(C2CCCC2)C2CCCC2)C1.Cl.Cl. The van der Waals surface area contributed by atoms with Gasteiger partial charge < -0.3 is 0 Å². The van der Waals surface area contributed by atoms with Gasteiger partial charge in [0.25, 0.3) is 0 Å². The molecular weight excluding hydrogens is 493 g/mol. The van der Waals surface area contributed by atoms with Crippen molar-refractivity contribution in [3.63, 3.8) is 0 Å². The third-order valence-corrected chi connectivity index (χ3v) is 18.6. The summed E-state index contributed by atoms with van der Waals surface area (Å²) in [5.74, 6) is 0. The zero-order valence-electron chi connectivity index (χ0n) is 22.1. The van der Waals surface area contributed by atoms with Crippen molar-refractivity contribution in [1.82, 2.24) is 0 Å². The van der Waals surface area contributed by atoms with Crippen LogP contribution in [-0.4, -0.2) is 34.0 Å². The van der Waals surface area contributed by atoms with Gasteiger partial charge in [0, 0.05) is 0 Å². The lowest BCUT2D eigenvalue weighted by atomic mass is 10.3. The van der Waals surface area contributed by atoms with Crippen LogP contribution in [0.3, 0.4) is 0 Å². The first-order chi connectivity index (χ1) is 15.9. The van der Waals surface area contributed by atoms with Crippen LogP contribution in [0.2, 0.25) is 0 Å². The van der Waals surface area contributed by atoms with Gasteiger partial charge >= 0.3 is 0 Å². The van der Waals surface area contributed by atoms with Crippen molar-refractivity contribution >= 4 is 40.7 Å². The van der Waals surface area contributed by atoms with Crippen molar-refractivity contribution in [2.75, 3.05) is 0 Å². The molecule has 6 aliphatic carbocycles. The van der Waals surface area contributed by atoms with Crippen LogP contribution in [0.25, 0.3) is 0 Å². The normalized spacial score (nSPS) is 28.1. The molecule has 0 aromatic rings. The molecule has 0 amide bonds. The zero-order valence-corrected chi connectivity index (χ0v) is 25.6. The highest BCUT2D eigenvalue weighted by molar-refractivity contribution is 7.60. The molecule has 0 N–H and O–H groups in total. The van der Waals surface area contributed by atoms with Crippen molar-refractivity contribution in [1.29, 1.82) is 0 Å². The second-order valence-electron chi connectivity index (χ2n) is 12.5. The molecule has 0 heterocycles. The minimum absolute atomic E-state index is 0. The van der Waals surface area contributed by atoms with Gasteiger partial charge in [0.15, 0.2) is 0 Å². The van der Waals surface area contributed by atoms with E-state index in [0.717, 1.165) is 0 Å². The predicted octanol–water partition coefficient (Wildman–Crippen LogP) is 11.4. The maximum atomic E-state index is 1.61. The van der Waals surface area contributed by atoms with Crippen molar-refractivity contribution in [2.45, 2.75) is 188 Å². The molecule has 6 rings (SSSR count). The molecule has 0 saturated heterocycles. The van der Waals surface area contributed by atoms with Crippen LogP contribution >= 0.6 is 40.7 Å². The molecule has 0 aromatic carbocycles. The topological polar surface area (TPSA) is 0 Å². The Morgan fingerprint density at radius 2 is 0.353 bits per heavy atom. The highest BCUT2D eigenvalue weighted by Crippen LogP contribution is 2.64. The summed E-state index contributed by atoms with van der Waals surface area (Å²) >= 11 is 0. The Balaban J connectivity index is 0.000000180. The first-order valence-electron chi connectivity index (χ1n) is 15.4. The first kappa shape index (κ1) is 30.0. The Labute approximate surface area is 228 Å². The van der Waals surface area contributed by atoms with E-state index in [0.29, 0.717) is 15.8 Å². The Bertz CT molecular complexity index is 398. The molecule has 34 heavy (non-hydrogen) atoms. The molecule has 200 valence electrons. The summed E-state index contributed by atoms with van der Waals surface area (Å²) in [4.78, 5) is 0. The molecule has 0 unspecified atom stereocenters. The molecule has 6 saturated carbocycles. The van der Waals surface area contributed by atoms with E-state index < -0.39 is 0 Å². The van der Waals surface area contributed by atoms with Gasteiger partial charge in [0.2, 0.25) is 0 Å². The highest BCUT2D eigenvalue weighted by atomic mass is 35.5. The lowest BCUT2D eigenvalue weighted by Gasteiger charge is -2.35. The van der Waals surface area contributed by atoms with Gasteiger partial charge in [-0.25, -0.2) is 0 Å². The van der Waals surface area contributed by atoms with E-state index in [1.807, 2.05) is 0 Å². The lowest BCUT2D eigenvalue weighted by molar-refractivity contribution is 0.775. The standard InChI is InChI=1S/2C15H27P.2ClH/c2*1-2-8-13(7-1)16(14-9-3-4-10-14)15-11-5-6-12-15;;/h2*13-15H,1-12H2;2*1H. The van der Waals surface area contributed by atoms with Gasteiger partial charge in [-0.2, -0.15) is 0 Å². The molecule has 6 aliphatic rings. The average Bonchev–Trinajstić information content (AvgIpc) is 3.67. The second-order valence-corrected chi connectivity index (χ2v) is 18.7. The summed E-state index contributed by atoms with van der Waals surface area (Å²) in [6.07, 6.45) is 38.0. The Kier molecular flexibility index (Phi) is 13.9. The molecule has 0 aromatic heterocycles. The van der Waals surface area contributed by atoms with Crippen LogP contribution in [0.4, 0.5) is 0 Å². The Morgan fingerprint density at radius 3 is 0.471 bits per heavy atom. The largest absolute Gasteiger partial charge is 0.147 e. The van der Waals surface area contributed by atoms with E-state index in [2.05, 4.69) is 0 Å². The number of halogens is 2. The monoisotopic (exact) mass is 548 g/mol. The fraction of sp³-hybridized carbons (Fsp3) is 1.00. The molecular formula is C30H56Cl2P2. The number of hydrogen-bond donors (Lipinski definition) is 0. The maximum absolute atomic E-state index is 1.61. The summed E-state index contributed by atoms with van der Waals surface area (Å²) < 4.78 is 0. The van der Waals surface area contributed by atoms with Crippen LogP contribution in [0.5, 0.6) is 0 Å². The third kappa shape index (κ3) is 7.74. The third-order valence-electron chi connectivity index (χ3n) is 10.5. The van der Waals surface area contributed by atoms with Crippen LogP contribution in [0.1, 0.15) is 154 Å². The first-order valence-corrected chi connectivity index (χ1v) is 18.5. The molecule has 0 atom stereocenters. The maximum Gasteiger partial charge on any atom is -0.0204 e. The predicted molar refractivity (Wildman–Crippen MR) is 162 cm³/mol. The summed E-state index contributed by atoms with van der Waals surface area (Å²) in [6.45, 7) is 0. The molecule has 0 aliphatic heterocycles.